The summed E-state index contributed by atoms with van der Waals surface area (Å²) in [5.41, 5.74) is 4.42. The zero-order chi connectivity index (χ0) is 20.8. The maximum Gasteiger partial charge on any atom is 0.149 e. The lowest BCUT2D eigenvalue weighted by Gasteiger charge is -2.15. The molecule has 0 unspecified atom stereocenters. The summed E-state index contributed by atoms with van der Waals surface area (Å²) >= 11 is 0. The zero-order valence-corrected chi connectivity index (χ0v) is 16.5. The van der Waals surface area contributed by atoms with Gasteiger partial charge in [0.1, 0.15) is 17.6 Å². The summed E-state index contributed by atoms with van der Waals surface area (Å²) in [7, 11) is 0. The van der Waals surface area contributed by atoms with Gasteiger partial charge in [-0.1, -0.05) is 48.5 Å². The first-order valence-electron chi connectivity index (χ1n) is 10.1. The molecule has 0 bridgehead atoms. The van der Waals surface area contributed by atoms with E-state index in [9.17, 15) is 5.11 Å². The van der Waals surface area contributed by atoms with E-state index in [4.69, 9.17) is 0 Å². The second-order valence-electron chi connectivity index (χ2n) is 7.57. The van der Waals surface area contributed by atoms with Crippen molar-refractivity contribution in [3.63, 3.8) is 0 Å². The minimum Gasteiger partial charge on any atom is -0.505 e. The first-order chi connectivity index (χ1) is 15.3. The number of fused-ring (bicyclic) bond motifs is 3. The maximum absolute atomic E-state index is 11.2. The Morgan fingerprint density at radius 2 is 1.45 bits per heavy atom. The molecule has 6 aromatic rings. The lowest BCUT2D eigenvalue weighted by molar-refractivity contribution is 0.482. The average Bonchev–Trinajstić information content (AvgIpc) is 2.83. The van der Waals surface area contributed by atoms with Crippen molar-refractivity contribution in [2.24, 2.45) is 0 Å². The van der Waals surface area contributed by atoms with Gasteiger partial charge >= 0.3 is 0 Å². The molecular formula is C27H17N3O. The zero-order valence-electron chi connectivity index (χ0n) is 16.5. The van der Waals surface area contributed by atoms with E-state index in [1.807, 2.05) is 48.8 Å². The normalized spacial score (nSPS) is 11.4. The van der Waals surface area contributed by atoms with Crippen LogP contribution in [0.2, 0.25) is 0 Å². The van der Waals surface area contributed by atoms with Gasteiger partial charge in [-0.05, 0) is 51.4 Å². The molecule has 0 saturated heterocycles. The van der Waals surface area contributed by atoms with Gasteiger partial charge in [-0.2, -0.15) is 0 Å². The first kappa shape index (κ1) is 17.5. The van der Waals surface area contributed by atoms with Gasteiger partial charge in [0.25, 0.3) is 0 Å². The predicted octanol–water partition coefficient (Wildman–Crippen LogP) is 6.37. The van der Waals surface area contributed by atoms with E-state index in [0.29, 0.717) is 5.52 Å². The summed E-state index contributed by atoms with van der Waals surface area (Å²) in [5, 5.41) is 16.5. The second kappa shape index (κ2) is 6.89. The molecule has 146 valence electrons. The summed E-state index contributed by atoms with van der Waals surface area (Å²) in [4.78, 5) is 12.7. The largest absolute Gasteiger partial charge is 0.505 e. The van der Waals surface area contributed by atoms with Crippen LogP contribution in [0.3, 0.4) is 0 Å². The molecule has 0 radical (unpaired) electrons. The van der Waals surface area contributed by atoms with E-state index in [-0.39, 0.29) is 5.75 Å². The molecule has 0 aliphatic carbocycles. The van der Waals surface area contributed by atoms with E-state index in [0.717, 1.165) is 49.2 Å². The van der Waals surface area contributed by atoms with E-state index in [1.165, 1.54) is 6.33 Å². The van der Waals surface area contributed by atoms with Crippen molar-refractivity contribution >= 4 is 32.4 Å². The van der Waals surface area contributed by atoms with Crippen molar-refractivity contribution in [2.45, 2.75) is 0 Å². The molecule has 0 atom stereocenters. The van der Waals surface area contributed by atoms with Crippen LogP contribution >= 0.6 is 0 Å². The number of hydrogen-bond acceptors (Lipinski definition) is 4. The van der Waals surface area contributed by atoms with E-state index >= 15 is 0 Å². The summed E-state index contributed by atoms with van der Waals surface area (Å²) in [6.45, 7) is 0. The molecule has 31 heavy (non-hydrogen) atoms. The standard InChI is InChI=1S/C27H17N3O/c31-27-24(10-7-17-5-3-11-30-26(17)27)25-22-6-2-1-4-19(22)13-20-12-18(8-9-23(20)25)21-14-28-16-29-15-21/h1-16,31H. The molecule has 0 fully saturated rings. The number of benzene rings is 4. The van der Waals surface area contributed by atoms with Gasteiger partial charge in [0, 0.05) is 40.7 Å². The molecular weight excluding hydrogens is 382 g/mol. The monoisotopic (exact) mass is 399 g/mol. The Morgan fingerprint density at radius 3 is 2.35 bits per heavy atom. The highest BCUT2D eigenvalue weighted by Crippen LogP contribution is 2.43. The Morgan fingerprint density at radius 1 is 0.645 bits per heavy atom. The number of aromatic hydroxyl groups is 1. The fourth-order valence-electron chi connectivity index (χ4n) is 4.32. The number of nitrogens with zero attached hydrogens (tertiary/aromatic N) is 3. The minimum atomic E-state index is 0.205. The molecule has 0 aliphatic rings. The van der Waals surface area contributed by atoms with Crippen molar-refractivity contribution in [2.75, 3.05) is 0 Å². The molecule has 6 rings (SSSR count). The molecule has 2 heterocycles. The number of hydrogen-bond donors (Lipinski definition) is 1. The fraction of sp³-hybridized carbons (Fsp3) is 0. The quantitative estimate of drug-likeness (QED) is 0.344. The van der Waals surface area contributed by atoms with Gasteiger partial charge < -0.3 is 5.11 Å². The maximum atomic E-state index is 11.2. The number of pyridine rings is 1. The highest BCUT2D eigenvalue weighted by molar-refractivity contribution is 6.15. The summed E-state index contributed by atoms with van der Waals surface area (Å²) in [6.07, 6.45) is 6.88. The molecule has 0 amide bonds. The second-order valence-corrected chi connectivity index (χ2v) is 7.57. The Labute approximate surface area is 178 Å². The Hall–Kier alpha value is -4.31. The van der Waals surface area contributed by atoms with Gasteiger partial charge in [0.15, 0.2) is 0 Å². The van der Waals surface area contributed by atoms with Crippen LogP contribution in [-0.2, 0) is 0 Å². The van der Waals surface area contributed by atoms with Gasteiger partial charge in [-0.15, -0.1) is 0 Å². The van der Waals surface area contributed by atoms with E-state index in [1.54, 1.807) is 6.20 Å². The van der Waals surface area contributed by atoms with Gasteiger partial charge in [-0.25, -0.2) is 9.97 Å². The third-order valence-corrected chi connectivity index (χ3v) is 5.77. The highest BCUT2D eigenvalue weighted by atomic mass is 16.3. The minimum absolute atomic E-state index is 0.205. The first-order valence-corrected chi connectivity index (χ1v) is 10.1. The topological polar surface area (TPSA) is 58.9 Å². The molecule has 1 N–H and O–H groups in total. The number of aromatic nitrogens is 3. The Bertz CT molecular complexity index is 1590. The highest BCUT2D eigenvalue weighted by Gasteiger charge is 2.16. The van der Waals surface area contributed by atoms with Crippen LogP contribution in [0.15, 0.2) is 97.7 Å². The van der Waals surface area contributed by atoms with Crippen molar-refractivity contribution in [3.05, 3.63) is 97.7 Å². The summed E-state index contributed by atoms with van der Waals surface area (Å²) < 4.78 is 0. The van der Waals surface area contributed by atoms with Crippen LogP contribution in [-0.4, -0.2) is 20.1 Å². The third kappa shape index (κ3) is 2.81. The predicted molar refractivity (Wildman–Crippen MR) is 125 cm³/mol. The van der Waals surface area contributed by atoms with E-state index in [2.05, 4.69) is 51.4 Å². The number of phenolic OH excluding ortho intramolecular Hbond substituents is 1. The van der Waals surface area contributed by atoms with Crippen molar-refractivity contribution in [3.8, 4) is 28.0 Å². The van der Waals surface area contributed by atoms with Crippen molar-refractivity contribution < 1.29 is 5.11 Å². The Balaban J connectivity index is 1.70. The smallest absolute Gasteiger partial charge is 0.149 e. The van der Waals surface area contributed by atoms with Crippen LogP contribution < -0.4 is 0 Å². The summed E-state index contributed by atoms with van der Waals surface area (Å²) in [6, 6.07) is 24.6. The lowest BCUT2D eigenvalue weighted by atomic mass is 9.90. The van der Waals surface area contributed by atoms with Gasteiger partial charge in [0.2, 0.25) is 0 Å². The molecule has 0 aliphatic heterocycles. The van der Waals surface area contributed by atoms with Crippen LogP contribution in [0.4, 0.5) is 0 Å². The van der Waals surface area contributed by atoms with Gasteiger partial charge in [0.05, 0.1) is 0 Å². The molecule has 4 nitrogen and oxygen atoms in total. The van der Waals surface area contributed by atoms with Crippen LogP contribution in [0, 0.1) is 0 Å². The summed E-state index contributed by atoms with van der Waals surface area (Å²) in [5.74, 6) is 0.205. The molecule has 4 heteroatoms. The molecule has 0 saturated carbocycles. The average molecular weight is 399 g/mol. The fourth-order valence-corrected chi connectivity index (χ4v) is 4.32. The Kier molecular flexibility index (Phi) is 3.90. The van der Waals surface area contributed by atoms with E-state index < -0.39 is 0 Å². The van der Waals surface area contributed by atoms with Crippen LogP contribution in [0.25, 0.3) is 54.7 Å². The van der Waals surface area contributed by atoms with Crippen molar-refractivity contribution in [1.82, 2.24) is 15.0 Å². The van der Waals surface area contributed by atoms with Crippen LogP contribution in [0.1, 0.15) is 0 Å². The molecule has 0 spiro atoms. The lowest BCUT2D eigenvalue weighted by Crippen LogP contribution is -1.89. The molecule has 2 aromatic heterocycles. The number of rotatable bonds is 2. The molecule has 4 aromatic carbocycles. The third-order valence-electron chi connectivity index (χ3n) is 5.77. The number of phenols is 1. The van der Waals surface area contributed by atoms with Gasteiger partial charge in [-0.3, -0.25) is 4.98 Å². The van der Waals surface area contributed by atoms with Crippen LogP contribution in [0.5, 0.6) is 5.75 Å². The van der Waals surface area contributed by atoms with Crippen molar-refractivity contribution in [1.29, 1.82) is 0 Å². The SMILES string of the molecule is Oc1c(-c2c3ccccc3cc3cc(-c4cncnc4)ccc23)ccc2cccnc12.